The van der Waals surface area contributed by atoms with Crippen molar-refractivity contribution >= 4 is 39.3 Å². The smallest absolute Gasteiger partial charge is 0.248 e. The zero-order valence-corrected chi connectivity index (χ0v) is 16.0. The number of nitrogens with one attached hydrogen (secondary N) is 2. The number of anilines is 1. The van der Waals surface area contributed by atoms with Crippen molar-refractivity contribution in [2.75, 3.05) is 11.9 Å². The van der Waals surface area contributed by atoms with Crippen LogP contribution < -0.4 is 10.0 Å². The number of rotatable bonds is 8. The maximum Gasteiger partial charge on any atom is 0.248 e. The predicted octanol–water partition coefficient (Wildman–Crippen LogP) is 4.07. The summed E-state index contributed by atoms with van der Waals surface area (Å²) >= 11 is 6.03. The summed E-state index contributed by atoms with van der Waals surface area (Å²) in [6.07, 6.45) is 4.69. The molecule has 0 fully saturated rings. The van der Waals surface area contributed by atoms with E-state index in [1.54, 1.807) is 30.3 Å². The Bertz CT molecular complexity index is 878. The first-order valence-electron chi connectivity index (χ1n) is 8.25. The van der Waals surface area contributed by atoms with E-state index in [0.29, 0.717) is 17.3 Å². The lowest BCUT2D eigenvalue weighted by Crippen LogP contribution is -2.24. The first-order chi connectivity index (χ1) is 12.4. The van der Waals surface area contributed by atoms with Crippen LogP contribution in [0.5, 0.6) is 0 Å². The topological polar surface area (TPSA) is 75.3 Å². The average molecular weight is 393 g/mol. The molecule has 0 unspecified atom stereocenters. The van der Waals surface area contributed by atoms with Gasteiger partial charge in [-0.05, 0) is 48.4 Å². The molecule has 0 aromatic heterocycles. The highest BCUT2D eigenvalue weighted by atomic mass is 35.5. The lowest BCUT2D eigenvalue weighted by Gasteiger charge is -2.07. The van der Waals surface area contributed by atoms with Gasteiger partial charge in [0.15, 0.2) is 0 Å². The van der Waals surface area contributed by atoms with Crippen LogP contribution in [0, 0.1) is 0 Å². The van der Waals surface area contributed by atoms with Gasteiger partial charge in [0.25, 0.3) is 0 Å². The fourth-order valence-electron chi connectivity index (χ4n) is 2.14. The Kier molecular flexibility index (Phi) is 7.38. The molecule has 2 aromatic rings. The molecule has 0 aliphatic carbocycles. The number of amides is 1. The van der Waals surface area contributed by atoms with Gasteiger partial charge in [-0.1, -0.05) is 43.1 Å². The summed E-state index contributed by atoms with van der Waals surface area (Å²) < 4.78 is 26.8. The van der Waals surface area contributed by atoms with Crippen LogP contribution in [0.15, 0.2) is 59.5 Å². The molecule has 2 N–H and O–H groups in total. The molecule has 0 aliphatic heterocycles. The van der Waals surface area contributed by atoms with E-state index in [0.717, 1.165) is 18.4 Å². The fraction of sp³-hybridized carbons (Fsp3) is 0.211. The van der Waals surface area contributed by atoms with Crippen LogP contribution in [0.3, 0.4) is 0 Å². The van der Waals surface area contributed by atoms with Crippen LogP contribution in [-0.4, -0.2) is 20.9 Å². The van der Waals surface area contributed by atoms with Crippen molar-refractivity contribution in [2.45, 2.75) is 24.7 Å². The summed E-state index contributed by atoms with van der Waals surface area (Å²) in [5.74, 6) is -0.332. The van der Waals surface area contributed by atoms with Crippen molar-refractivity contribution in [2.24, 2.45) is 0 Å². The first-order valence-corrected chi connectivity index (χ1v) is 10.1. The Morgan fingerprint density at radius 2 is 1.81 bits per heavy atom. The molecule has 0 bridgehead atoms. The van der Waals surface area contributed by atoms with Crippen molar-refractivity contribution in [1.29, 1.82) is 0 Å². The summed E-state index contributed by atoms with van der Waals surface area (Å²) in [4.78, 5) is 12.1. The molecule has 0 aliphatic rings. The van der Waals surface area contributed by atoms with Crippen LogP contribution in [-0.2, 0) is 14.8 Å². The zero-order valence-electron chi connectivity index (χ0n) is 14.4. The third-order valence-electron chi connectivity index (χ3n) is 3.57. The van der Waals surface area contributed by atoms with Crippen molar-refractivity contribution in [3.8, 4) is 0 Å². The summed E-state index contributed by atoms with van der Waals surface area (Å²) in [7, 11) is -3.52. The number of unbranched alkanes of at least 4 members (excludes halogenated alkanes) is 1. The van der Waals surface area contributed by atoms with Crippen LogP contribution >= 0.6 is 11.6 Å². The first kappa shape index (κ1) is 20.2. The van der Waals surface area contributed by atoms with Crippen molar-refractivity contribution < 1.29 is 13.2 Å². The van der Waals surface area contributed by atoms with Gasteiger partial charge in [-0.2, -0.15) is 0 Å². The second-order valence-electron chi connectivity index (χ2n) is 5.62. The highest BCUT2D eigenvalue weighted by molar-refractivity contribution is 7.89. The molecule has 5 nitrogen and oxygen atoms in total. The monoisotopic (exact) mass is 392 g/mol. The highest BCUT2D eigenvalue weighted by Gasteiger charge is 2.12. The van der Waals surface area contributed by atoms with E-state index in [1.807, 2.05) is 19.1 Å². The number of hydrogen-bond donors (Lipinski definition) is 2. The molecule has 2 rings (SSSR count). The second kappa shape index (κ2) is 9.52. The fourth-order valence-corrected chi connectivity index (χ4v) is 3.42. The Hall–Kier alpha value is -2.15. The number of hydrogen-bond acceptors (Lipinski definition) is 3. The molecular formula is C19H21ClN2O3S. The molecule has 0 atom stereocenters. The van der Waals surface area contributed by atoms with Gasteiger partial charge in [-0.25, -0.2) is 13.1 Å². The van der Waals surface area contributed by atoms with Gasteiger partial charge >= 0.3 is 0 Å². The van der Waals surface area contributed by atoms with Gasteiger partial charge in [0, 0.05) is 23.3 Å². The van der Waals surface area contributed by atoms with Gasteiger partial charge in [-0.15, -0.1) is 0 Å². The Labute approximate surface area is 159 Å². The maximum atomic E-state index is 12.1. The van der Waals surface area contributed by atoms with E-state index in [9.17, 15) is 13.2 Å². The largest absolute Gasteiger partial charge is 0.323 e. The summed E-state index contributed by atoms with van der Waals surface area (Å²) in [5.41, 5.74) is 1.25. The molecule has 2 aromatic carbocycles. The maximum absolute atomic E-state index is 12.1. The lowest BCUT2D eigenvalue weighted by atomic mass is 10.2. The van der Waals surface area contributed by atoms with Gasteiger partial charge in [0.2, 0.25) is 15.9 Å². The van der Waals surface area contributed by atoms with E-state index in [-0.39, 0.29) is 10.8 Å². The van der Waals surface area contributed by atoms with E-state index >= 15 is 0 Å². The molecule has 138 valence electrons. The molecular weight excluding hydrogens is 372 g/mol. The van der Waals surface area contributed by atoms with Gasteiger partial charge in [0.05, 0.1) is 4.90 Å². The van der Waals surface area contributed by atoms with Gasteiger partial charge < -0.3 is 5.32 Å². The third-order valence-corrected chi connectivity index (χ3v) is 5.40. The van der Waals surface area contributed by atoms with E-state index in [2.05, 4.69) is 10.0 Å². The summed E-state index contributed by atoms with van der Waals surface area (Å²) in [6.45, 7) is 2.40. The minimum Gasteiger partial charge on any atom is -0.323 e. The van der Waals surface area contributed by atoms with Crippen LogP contribution in [0.4, 0.5) is 5.69 Å². The Balaban J connectivity index is 1.98. The van der Waals surface area contributed by atoms with E-state index in [1.165, 1.54) is 18.2 Å². The number of carbonyl (C=O) groups excluding carboxylic acids is 1. The number of carbonyl (C=O) groups is 1. The molecule has 0 saturated carbocycles. The van der Waals surface area contributed by atoms with Crippen molar-refractivity contribution in [1.82, 2.24) is 4.72 Å². The minimum absolute atomic E-state index is 0.165. The third kappa shape index (κ3) is 5.98. The molecule has 0 spiro atoms. The Morgan fingerprint density at radius 3 is 2.46 bits per heavy atom. The summed E-state index contributed by atoms with van der Waals surface area (Å²) in [6, 6.07) is 13.2. The van der Waals surface area contributed by atoms with Crippen molar-refractivity contribution in [3.05, 3.63) is 65.2 Å². The number of sulfonamides is 1. The predicted molar refractivity (Wildman–Crippen MR) is 106 cm³/mol. The van der Waals surface area contributed by atoms with Crippen LogP contribution in [0.25, 0.3) is 6.08 Å². The molecule has 0 radical (unpaired) electrons. The van der Waals surface area contributed by atoms with Crippen molar-refractivity contribution in [3.63, 3.8) is 0 Å². The quantitative estimate of drug-likeness (QED) is 0.525. The highest BCUT2D eigenvalue weighted by Crippen LogP contribution is 2.17. The molecule has 7 heteroatoms. The SMILES string of the molecule is CCCCNS(=O)(=O)c1ccc(NC(=O)/C=C/c2ccccc2Cl)cc1. The second-order valence-corrected chi connectivity index (χ2v) is 7.79. The van der Waals surface area contributed by atoms with Crippen LogP contribution in [0.2, 0.25) is 5.02 Å². The van der Waals surface area contributed by atoms with Gasteiger partial charge in [-0.3, -0.25) is 4.79 Å². The molecule has 1 amide bonds. The number of benzene rings is 2. The summed E-state index contributed by atoms with van der Waals surface area (Å²) in [5, 5.41) is 3.24. The normalized spacial score (nSPS) is 11.6. The molecule has 0 heterocycles. The molecule has 26 heavy (non-hydrogen) atoms. The van der Waals surface area contributed by atoms with E-state index in [4.69, 9.17) is 11.6 Å². The lowest BCUT2D eigenvalue weighted by molar-refractivity contribution is -0.111. The van der Waals surface area contributed by atoms with E-state index < -0.39 is 10.0 Å². The molecule has 0 saturated heterocycles. The van der Waals surface area contributed by atoms with Crippen LogP contribution in [0.1, 0.15) is 25.3 Å². The number of halogens is 1. The Morgan fingerprint density at radius 1 is 1.12 bits per heavy atom. The minimum atomic E-state index is -3.52. The zero-order chi connectivity index (χ0) is 19.0. The average Bonchev–Trinajstić information content (AvgIpc) is 2.61. The van der Waals surface area contributed by atoms with Gasteiger partial charge in [0.1, 0.15) is 0 Å². The standard InChI is InChI=1S/C19H21ClN2O3S/c1-2-3-14-21-26(24,25)17-11-9-16(10-12-17)22-19(23)13-8-15-6-4-5-7-18(15)20/h4-13,21H,2-3,14H2,1H3,(H,22,23)/b13-8+.